The van der Waals surface area contributed by atoms with Crippen molar-refractivity contribution in [1.29, 1.82) is 0 Å². The standard InChI is InChI=1S/C12H19N3O3S/c1-12(2,13-3)11(16)14-9-7-5-6-8-10(9)15-19(4,17)18/h5-8,13,15H,1-4H3,(H,14,16). The Bertz CT molecular complexity index is 567. The zero-order chi connectivity index (χ0) is 14.7. The van der Waals surface area contributed by atoms with Crippen LogP contribution in [0.3, 0.4) is 0 Å². The lowest BCUT2D eigenvalue weighted by atomic mass is 10.1. The first-order valence-electron chi connectivity index (χ1n) is 5.73. The molecule has 0 aliphatic heterocycles. The Morgan fingerprint density at radius 2 is 1.68 bits per heavy atom. The predicted molar refractivity (Wildman–Crippen MR) is 76.7 cm³/mol. The number of carbonyl (C=O) groups excluding carboxylic acids is 1. The summed E-state index contributed by atoms with van der Waals surface area (Å²) in [4.78, 5) is 12.0. The van der Waals surface area contributed by atoms with Crippen LogP contribution < -0.4 is 15.4 Å². The quantitative estimate of drug-likeness (QED) is 0.753. The minimum Gasteiger partial charge on any atom is -0.323 e. The normalized spacial score (nSPS) is 12.0. The molecule has 0 radical (unpaired) electrons. The van der Waals surface area contributed by atoms with Crippen molar-refractivity contribution >= 4 is 27.3 Å². The molecule has 0 bridgehead atoms. The molecule has 0 saturated carbocycles. The molecule has 0 aromatic heterocycles. The average Bonchev–Trinajstić information content (AvgIpc) is 2.29. The van der Waals surface area contributed by atoms with Gasteiger partial charge in [-0.2, -0.15) is 0 Å². The fourth-order valence-electron chi connectivity index (χ4n) is 1.27. The van der Waals surface area contributed by atoms with Crippen molar-refractivity contribution < 1.29 is 13.2 Å². The predicted octanol–water partition coefficient (Wildman–Crippen LogP) is 0.995. The van der Waals surface area contributed by atoms with Gasteiger partial charge in [0, 0.05) is 0 Å². The van der Waals surface area contributed by atoms with Crippen molar-refractivity contribution in [2.24, 2.45) is 0 Å². The van der Waals surface area contributed by atoms with E-state index in [2.05, 4.69) is 15.4 Å². The molecule has 0 saturated heterocycles. The van der Waals surface area contributed by atoms with Gasteiger partial charge >= 0.3 is 0 Å². The Labute approximate surface area is 113 Å². The van der Waals surface area contributed by atoms with Gasteiger partial charge in [0.25, 0.3) is 0 Å². The van der Waals surface area contributed by atoms with Crippen LogP contribution in [0.1, 0.15) is 13.8 Å². The van der Waals surface area contributed by atoms with Crippen LogP contribution in [-0.4, -0.2) is 33.2 Å². The molecule has 0 unspecified atom stereocenters. The van der Waals surface area contributed by atoms with Crippen LogP contribution in [0.2, 0.25) is 0 Å². The number of likely N-dealkylation sites (N-methyl/N-ethyl adjacent to an activating group) is 1. The molecule has 19 heavy (non-hydrogen) atoms. The monoisotopic (exact) mass is 285 g/mol. The van der Waals surface area contributed by atoms with Crippen molar-refractivity contribution in [2.75, 3.05) is 23.3 Å². The van der Waals surface area contributed by atoms with Crippen molar-refractivity contribution in [2.45, 2.75) is 19.4 Å². The lowest BCUT2D eigenvalue weighted by Gasteiger charge is -2.23. The topological polar surface area (TPSA) is 87.3 Å². The molecule has 1 rings (SSSR count). The molecule has 0 aliphatic rings. The average molecular weight is 285 g/mol. The maximum Gasteiger partial charge on any atom is 0.244 e. The van der Waals surface area contributed by atoms with Gasteiger partial charge in [-0.15, -0.1) is 0 Å². The summed E-state index contributed by atoms with van der Waals surface area (Å²) in [5.74, 6) is -0.252. The van der Waals surface area contributed by atoms with E-state index in [0.29, 0.717) is 11.4 Å². The van der Waals surface area contributed by atoms with Crippen molar-refractivity contribution in [1.82, 2.24) is 5.32 Å². The Morgan fingerprint density at radius 3 is 2.16 bits per heavy atom. The second-order valence-corrected chi connectivity index (χ2v) is 6.50. The number of anilines is 2. The summed E-state index contributed by atoms with van der Waals surface area (Å²) in [5, 5.41) is 5.57. The summed E-state index contributed by atoms with van der Waals surface area (Å²) in [6, 6.07) is 6.63. The Morgan fingerprint density at radius 1 is 1.16 bits per heavy atom. The number of rotatable bonds is 5. The molecule has 0 spiro atoms. The number of hydrogen-bond acceptors (Lipinski definition) is 4. The van der Waals surface area contributed by atoms with Crippen LogP contribution in [0.5, 0.6) is 0 Å². The Balaban J connectivity index is 2.99. The Hall–Kier alpha value is -1.60. The minimum atomic E-state index is -3.39. The smallest absolute Gasteiger partial charge is 0.244 e. The van der Waals surface area contributed by atoms with E-state index >= 15 is 0 Å². The lowest BCUT2D eigenvalue weighted by molar-refractivity contribution is -0.121. The van der Waals surface area contributed by atoms with E-state index in [1.54, 1.807) is 45.2 Å². The fourth-order valence-corrected chi connectivity index (χ4v) is 1.85. The van der Waals surface area contributed by atoms with E-state index in [0.717, 1.165) is 6.26 Å². The van der Waals surface area contributed by atoms with Gasteiger partial charge in [0.15, 0.2) is 0 Å². The number of carbonyl (C=O) groups is 1. The molecule has 6 nitrogen and oxygen atoms in total. The molecule has 0 fully saturated rings. The zero-order valence-electron chi connectivity index (χ0n) is 11.4. The van der Waals surface area contributed by atoms with E-state index < -0.39 is 15.6 Å². The van der Waals surface area contributed by atoms with Gasteiger partial charge in [-0.05, 0) is 33.0 Å². The number of benzene rings is 1. The third-order valence-electron chi connectivity index (χ3n) is 2.66. The van der Waals surface area contributed by atoms with Crippen LogP contribution in [-0.2, 0) is 14.8 Å². The van der Waals surface area contributed by atoms with Crippen molar-refractivity contribution in [3.63, 3.8) is 0 Å². The fraction of sp³-hybridized carbons (Fsp3) is 0.417. The molecule has 0 aliphatic carbocycles. The number of hydrogen-bond donors (Lipinski definition) is 3. The zero-order valence-corrected chi connectivity index (χ0v) is 12.3. The van der Waals surface area contributed by atoms with Crippen LogP contribution in [0.4, 0.5) is 11.4 Å². The molecule has 106 valence electrons. The second-order valence-electron chi connectivity index (χ2n) is 4.75. The highest BCUT2D eigenvalue weighted by molar-refractivity contribution is 7.92. The summed E-state index contributed by atoms with van der Waals surface area (Å²) < 4.78 is 24.9. The van der Waals surface area contributed by atoms with E-state index in [-0.39, 0.29) is 5.91 Å². The molecule has 0 atom stereocenters. The number of sulfonamides is 1. The highest BCUT2D eigenvalue weighted by Gasteiger charge is 2.25. The highest BCUT2D eigenvalue weighted by Crippen LogP contribution is 2.22. The first kappa shape index (κ1) is 15.5. The lowest BCUT2D eigenvalue weighted by Crippen LogP contribution is -2.48. The molecule has 7 heteroatoms. The summed E-state index contributed by atoms with van der Waals surface area (Å²) >= 11 is 0. The second kappa shape index (κ2) is 5.58. The van der Waals surface area contributed by atoms with Crippen molar-refractivity contribution in [3.8, 4) is 0 Å². The van der Waals surface area contributed by atoms with Gasteiger partial charge in [0.1, 0.15) is 0 Å². The summed E-state index contributed by atoms with van der Waals surface area (Å²) in [7, 11) is -1.71. The van der Waals surface area contributed by atoms with Crippen LogP contribution in [0.15, 0.2) is 24.3 Å². The van der Waals surface area contributed by atoms with Gasteiger partial charge < -0.3 is 10.6 Å². The SMILES string of the molecule is CNC(C)(C)C(=O)Nc1ccccc1NS(C)(=O)=O. The first-order valence-corrected chi connectivity index (χ1v) is 7.62. The van der Waals surface area contributed by atoms with Gasteiger partial charge in [-0.1, -0.05) is 12.1 Å². The number of amides is 1. The summed E-state index contributed by atoms with van der Waals surface area (Å²) in [5.41, 5.74) is 0.00424. The summed E-state index contributed by atoms with van der Waals surface area (Å²) in [6.07, 6.45) is 1.06. The van der Waals surface area contributed by atoms with Gasteiger partial charge in [0.2, 0.25) is 15.9 Å². The van der Waals surface area contributed by atoms with E-state index in [1.807, 2.05) is 0 Å². The maximum atomic E-state index is 12.0. The molecular formula is C12H19N3O3S. The van der Waals surface area contributed by atoms with Crippen LogP contribution in [0.25, 0.3) is 0 Å². The van der Waals surface area contributed by atoms with Crippen molar-refractivity contribution in [3.05, 3.63) is 24.3 Å². The molecular weight excluding hydrogens is 266 g/mol. The molecule has 0 heterocycles. The highest BCUT2D eigenvalue weighted by atomic mass is 32.2. The van der Waals surface area contributed by atoms with Gasteiger partial charge in [-0.25, -0.2) is 8.42 Å². The summed E-state index contributed by atoms with van der Waals surface area (Å²) in [6.45, 7) is 3.46. The molecule has 3 N–H and O–H groups in total. The molecule has 1 aromatic carbocycles. The molecule has 1 aromatic rings. The van der Waals surface area contributed by atoms with E-state index in [1.165, 1.54) is 0 Å². The Kier molecular flexibility index (Phi) is 4.54. The molecule has 1 amide bonds. The van der Waals surface area contributed by atoms with Crippen LogP contribution in [0, 0.1) is 0 Å². The third kappa shape index (κ3) is 4.53. The minimum absolute atomic E-state index is 0.252. The maximum absolute atomic E-state index is 12.0. The van der Waals surface area contributed by atoms with Crippen LogP contribution >= 0.6 is 0 Å². The first-order chi connectivity index (χ1) is 8.65. The largest absolute Gasteiger partial charge is 0.323 e. The van der Waals surface area contributed by atoms with E-state index in [9.17, 15) is 13.2 Å². The van der Waals surface area contributed by atoms with Gasteiger partial charge in [-0.3, -0.25) is 9.52 Å². The number of nitrogens with one attached hydrogen (secondary N) is 3. The third-order valence-corrected chi connectivity index (χ3v) is 3.25. The number of para-hydroxylation sites is 2. The van der Waals surface area contributed by atoms with Gasteiger partial charge in [0.05, 0.1) is 23.2 Å². The van der Waals surface area contributed by atoms with E-state index in [4.69, 9.17) is 0 Å².